The van der Waals surface area contributed by atoms with Gasteiger partial charge in [-0.15, -0.1) is 0 Å². The molecule has 1 aliphatic heterocycles. The number of aromatic nitrogens is 2. The van der Waals surface area contributed by atoms with Crippen LogP contribution >= 0.6 is 0 Å². The summed E-state index contributed by atoms with van der Waals surface area (Å²) in [4.78, 5) is 8.39. The lowest BCUT2D eigenvalue weighted by Crippen LogP contribution is -2.27. The van der Waals surface area contributed by atoms with Crippen molar-refractivity contribution in [1.82, 2.24) is 15.3 Å². The highest BCUT2D eigenvalue weighted by atomic mass is 19.3. The molecule has 2 aromatic rings. The van der Waals surface area contributed by atoms with E-state index < -0.39 is 6.61 Å². The molecule has 24 heavy (non-hydrogen) atoms. The molecule has 0 saturated carbocycles. The van der Waals surface area contributed by atoms with Crippen LogP contribution in [0.15, 0.2) is 36.5 Å². The lowest BCUT2D eigenvalue weighted by Gasteiger charge is -2.22. The fourth-order valence-corrected chi connectivity index (χ4v) is 2.67. The molecule has 0 aromatic carbocycles. The number of piperidine rings is 1. The van der Waals surface area contributed by atoms with E-state index in [1.54, 1.807) is 6.07 Å². The van der Waals surface area contributed by atoms with Crippen LogP contribution in [0.3, 0.4) is 0 Å². The number of alkyl halides is 2. The Hall–Kier alpha value is -2.28. The minimum absolute atomic E-state index is 0.111. The van der Waals surface area contributed by atoms with Crippen molar-refractivity contribution in [2.75, 3.05) is 13.1 Å². The molecule has 0 aliphatic carbocycles. The summed E-state index contributed by atoms with van der Waals surface area (Å²) in [5.41, 5.74) is 1.80. The van der Waals surface area contributed by atoms with Crippen molar-refractivity contribution in [3.05, 3.63) is 47.8 Å². The third-order valence-electron chi connectivity index (χ3n) is 3.90. The Labute approximate surface area is 139 Å². The Morgan fingerprint density at radius 3 is 2.67 bits per heavy atom. The lowest BCUT2D eigenvalue weighted by atomic mass is 9.94. The van der Waals surface area contributed by atoms with Gasteiger partial charge in [0.15, 0.2) is 0 Å². The molecule has 0 unspecified atom stereocenters. The molecule has 0 bridgehead atoms. The molecular formula is C17H19F2N3O2. The molecule has 1 fully saturated rings. The zero-order chi connectivity index (χ0) is 16.8. The number of rotatable bonds is 6. The summed E-state index contributed by atoms with van der Waals surface area (Å²) in [7, 11) is 0. The number of pyridine rings is 2. The summed E-state index contributed by atoms with van der Waals surface area (Å²) in [6.45, 7) is -0.585. The quantitative estimate of drug-likeness (QED) is 0.879. The molecule has 128 valence electrons. The van der Waals surface area contributed by atoms with Crippen LogP contribution in [0.25, 0.3) is 0 Å². The Kier molecular flexibility index (Phi) is 5.53. The first kappa shape index (κ1) is 16.6. The molecule has 2 aromatic heterocycles. The van der Waals surface area contributed by atoms with Crippen LogP contribution in [-0.4, -0.2) is 29.7 Å². The molecule has 1 N–H and O–H groups in total. The zero-order valence-electron chi connectivity index (χ0n) is 13.1. The lowest BCUT2D eigenvalue weighted by molar-refractivity contribution is -0.0528. The summed E-state index contributed by atoms with van der Waals surface area (Å²) < 4.78 is 34.1. The van der Waals surface area contributed by atoms with E-state index in [4.69, 9.17) is 4.74 Å². The summed E-state index contributed by atoms with van der Waals surface area (Å²) in [6, 6.07) is 8.82. The standard InChI is InChI=1S/C17H19F2N3O2/c18-17(19)24-15-5-4-12(10-21-15)11-23-16-3-1-2-14(22-16)13-6-8-20-9-7-13/h1-5,10,13,17,20H,6-9,11H2. The monoisotopic (exact) mass is 335 g/mol. The highest BCUT2D eigenvalue weighted by Crippen LogP contribution is 2.25. The maximum Gasteiger partial charge on any atom is 0.388 e. The number of hydrogen-bond acceptors (Lipinski definition) is 5. The first-order valence-electron chi connectivity index (χ1n) is 7.91. The van der Waals surface area contributed by atoms with Gasteiger partial charge in [0.05, 0.1) is 0 Å². The Morgan fingerprint density at radius 1 is 1.12 bits per heavy atom. The molecule has 0 atom stereocenters. The van der Waals surface area contributed by atoms with Gasteiger partial charge in [-0.25, -0.2) is 9.97 Å². The van der Waals surface area contributed by atoms with E-state index in [1.165, 1.54) is 12.3 Å². The van der Waals surface area contributed by atoms with Crippen molar-refractivity contribution < 1.29 is 18.3 Å². The van der Waals surface area contributed by atoms with Gasteiger partial charge in [0.25, 0.3) is 0 Å². The average molecular weight is 335 g/mol. The summed E-state index contributed by atoms with van der Waals surface area (Å²) >= 11 is 0. The molecule has 1 saturated heterocycles. The molecule has 1 aliphatic rings. The van der Waals surface area contributed by atoms with E-state index in [-0.39, 0.29) is 12.5 Å². The first-order chi connectivity index (χ1) is 11.7. The van der Waals surface area contributed by atoms with Gasteiger partial charge in [0.2, 0.25) is 11.8 Å². The number of hydrogen-bond donors (Lipinski definition) is 1. The van der Waals surface area contributed by atoms with Crippen LogP contribution in [0.4, 0.5) is 8.78 Å². The van der Waals surface area contributed by atoms with Gasteiger partial charge in [-0.2, -0.15) is 8.78 Å². The maximum absolute atomic E-state index is 12.1. The number of halogens is 2. The third kappa shape index (κ3) is 4.61. The van der Waals surface area contributed by atoms with Crippen LogP contribution in [0.1, 0.15) is 30.0 Å². The summed E-state index contributed by atoms with van der Waals surface area (Å²) in [6.07, 6.45) is 3.60. The Bertz CT molecular complexity index is 647. The smallest absolute Gasteiger partial charge is 0.388 e. The predicted molar refractivity (Wildman–Crippen MR) is 84.3 cm³/mol. The first-order valence-corrected chi connectivity index (χ1v) is 7.91. The van der Waals surface area contributed by atoms with Gasteiger partial charge < -0.3 is 14.8 Å². The van der Waals surface area contributed by atoms with Crippen molar-refractivity contribution in [3.8, 4) is 11.8 Å². The van der Waals surface area contributed by atoms with Crippen molar-refractivity contribution in [1.29, 1.82) is 0 Å². The van der Waals surface area contributed by atoms with Crippen LogP contribution in [0.2, 0.25) is 0 Å². The van der Waals surface area contributed by atoms with E-state index in [1.807, 2.05) is 18.2 Å². The van der Waals surface area contributed by atoms with E-state index in [2.05, 4.69) is 20.0 Å². The predicted octanol–water partition coefficient (Wildman–Crippen LogP) is 3.12. The van der Waals surface area contributed by atoms with Gasteiger partial charge in [-0.05, 0) is 38.1 Å². The van der Waals surface area contributed by atoms with E-state index >= 15 is 0 Å². The molecule has 0 radical (unpaired) electrons. The van der Waals surface area contributed by atoms with Gasteiger partial charge in [0.1, 0.15) is 6.61 Å². The Morgan fingerprint density at radius 2 is 1.96 bits per heavy atom. The average Bonchev–Trinajstić information content (AvgIpc) is 2.62. The minimum atomic E-state index is -2.87. The third-order valence-corrected chi connectivity index (χ3v) is 3.90. The molecule has 0 amide bonds. The van der Waals surface area contributed by atoms with E-state index in [0.29, 0.717) is 11.8 Å². The summed E-state index contributed by atoms with van der Waals surface area (Å²) in [5.74, 6) is 0.904. The van der Waals surface area contributed by atoms with Crippen LogP contribution in [0.5, 0.6) is 11.8 Å². The fourth-order valence-electron chi connectivity index (χ4n) is 2.67. The van der Waals surface area contributed by atoms with Gasteiger partial charge in [-0.1, -0.05) is 6.07 Å². The topological polar surface area (TPSA) is 56.3 Å². The second-order valence-electron chi connectivity index (χ2n) is 5.60. The molecule has 0 spiro atoms. The van der Waals surface area contributed by atoms with Gasteiger partial charge >= 0.3 is 6.61 Å². The minimum Gasteiger partial charge on any atom is -0.473 e. The van der Waals surface area contributed by atoms with Crippen LogP contribution in [-0.2, 0) is 6.61 Å². The van der Waals surface area contributed by atoms with Crippen LogP contribution < -0.4 is 14.8 Å². The number of nitrogens with zero attached hydrogens (tertiary/aromatic N) is 2. The van der Waals surface area contributed by atoms with Crippen LogP contribution in [0, 0.1) is 0 Å². The number of ether oxygens (including phenoxy) is 2. The molecule has 3 heterocycles. The largest absolute Gasteiger partial charge is 0.473 e. The second kappa shape index (κ2) is 8.01. The molecule has 3 rings (SSSR count). The second-order valence-corrected chi connectivity index (χ2v) is 5.60. The van der Waals surface area contributed by atoms with Crippen molar-refractivity contribution in [3.63, 3.8) is 0 Å². The zero-order valence-corrected chi connectivity index (χ0v) is 13.1. The van der Waals surface area contributed by atoms with Crippen molar-refractivity contribution in [2.24, 2.45) is 0 Å². The molecule has 7 heteroatoms. The fraction of sp³-hybridized carbons (Fsp3) is 0.412. The van der Waals surface area contributed by atoms with Crippen molar-refractivity contribution in [2.45, 2.75) is 32.0 Å². The Balaban J connectivity index is 1.58. The summed E-state index contributed by atoms with van der Waals surface area (Å²) in [5, 5.41) is 3.34. The molecule has 5 nitrogen and oxygen atoms in total. The highest BCUT2D eigenvalue weighted by Gasteiger charge is 2.16. The SMILES string of the molecule is FC(F)Oc1ccc(COc2cccc(C3CCNCC3)n2)cn1. The number of nitrogens with one attached hydrogen (secondary N) is 1. The molecular weight excluding hydrogens is 316 g/mol. The maximum atomic E-state index is 12.1. The van der Waals surface area contributed by atoms with E-state index in [0.717, 1.165) is 37.2 Å². The normalized spacial score (nSPS) is 15.5. The van der Waals surface area contributed by atoms with E-state index in [9.17, 15) is 8.78 Å². The van der Waals surface area contributed by atoms with Crippen molar-refractivity contribution >= 4 is 0 Å². The highest BCUT2D eigenvalue weighted by molar-refractivity contribution is 5.21. The van der Waals surface area contributed by atoms with Gasteiger partial charge in [0, 0.05) is 35.5 Å². The van der Waals surface area contributed by atoms with Gasteiger partial charge in [-0.3, -0.25) is 0 Å².